The Labute approximate surface area is 93.9 Å². The molecule has 0 spiro atoms. The number of rotatable bonds is 3. The molecule has 0 atom stereocenters. The smallest absolute Gasteiger partial charge is 0.244 e. The Kier molecular flexibility index (Phi) is 2.53. The maximum absolute atomic E-state index is 11.3. The summed E-state index contributed by atoms with van der Waals surface area (Å²) < 4.78 is 0. The SMILES string of the molecule is C=CC(=O)NC1(c2ccc(Cl)cc2)CC1. The third-order valence-electron chi connectivity index (χ3n) is 2.69. The molecule has 0 saturated heterocycles. The molecule has 0 aromatic heterocycles. The average molecular weight is 222 g/mol. The molecule has 78 valence electrons. The Morgan fingerprint density at radius 1 is 1.40 bits per heavy atom. The first-order valence-corrected chi connectivity index (χ1v) is 5.25. The lowest BCUT2D eigenvalue weighted by atomic mass is 10.1. The van der Waals surface area contributed by atoms with Crippen LogP contribution in [-0.2, 0) is 10.3 Å². The Bertz CT molecular complexity index is 393. The first kappa shape index (κ1) is 10.2. The van der Waals surface area contributed by atoms with Gasteiger partial charge in [-0.1, -0.05) is 30.3 Å². The van der Waals surface area contributed by atoms with Crippen molar-refractivity contribution in [2.75, 3.05) is 0 Å². The van der Waals surface area contributed by atoms with E-state index in [1.54, 1.807) is 0 Å². The lowest BCUT2D eigenvalue weighted by Crippen LogP contribution is -2.33. The molecule has 1 aromatic carbocycles. The summed E-state index contributed by atoms with van der Waals surface area (Å²) in [5.41, 5.74) is 0.942. The van der Waals surface area contributed by atoms with Gasteiger partial charge >= 0.3 is 0 Å². The fourth-order valence-corrected chi connectivity index (χ4v) is 1.79. The molecule has 1 amide bonds. The third kappa shape index (κ3) is 2.05. The fourth-order valence-electron chi connectivity index (χ4n) is 1.67. The predicted molar refractivity (Wildman–Crippen MR) is 60.7 cm³/mol. The summed E-state index contributed by atoms with van der Waals surface area (Å²) in [5.74, 6) is -0.123. The summed E-state index contributed by atoms with van der Waals surface area (Å²) in [4.78, 5) is 11.3. The topological polar surface area (TPSA) is 29.1 Å². The number of carbonyl (C=O) groups is 1. The molecule has 15 heavy (non-hydrogen) atoms. The summed E-state index contributed by atoms with van der Waals surface area (Å²) in [6.45, 7) is 3.45. The van der Waals surface area contributed by atoms with E-state index in [2.05, 4.69) is 11.9 Å². The normalized spacial score (nSPS) is 16.9. The van der Waals surface area contributed by atoms with Gasteiger partial charge < -0.3 is 5.32 Å². The van der Waals surface area contributed by atoms with Crippen molar-refractivity contribution in [2.24, 2.45) is 0 Å². The van der Waals surface area contributed by atoms with Crippen molar-refractivity contribution in [3.05, 3.63) is 47.5 Å². The van der Waals surface area contributed by atoms with E-state index in [9.17, 15) is 4.79 Å². The van der Waals surface area contributed by atoms with Crippen molar-refractivity contribution in [3.63, 3.8) is 0 Å². The maximum Gasteiger partial charge on any atom is 0.244 e. The zero-order valence-electron chi connectivity index (χ0n) is 8.29. The molecule has 1 N–H and O–H groups in total. The van der Waals surface area contributed by atoms with E-state index < -0.39 is 0 Å². The quantitative estimate of drug-likeness (QED) is 0.782. The second-order valence-corrected chi connectivity index (χ2v) is 4.22. The zero-order chi connectivity index (χ0) is 10.9. The molecule has 0 heterocycles. The van der Waals surface area contributed by atoms with Gasteiger partial charge in [-0.25, -0.2) is 0 Å². The van der Waals surface area contributed by atoms with E-state index in [0.29, 0.717) is 5.02 Å². The standard InChI is InChI=1S/C12H12ClNO/c1-2-11(15)14-12(7-8-12)9-3-5-10(13)6-4-9/h2-6H,1,7-8H2,(H,14,15). The molecule has 1 fully saturated rings. The minimum Gasteiger partial charge on any atom is -0.343 e. The number of benzene rings is 1. The van der Waals surface area contributed by atoms with Crippen LogP contribution in [0.4, 0.5) is 0 Å². The molecule has 1 aliphatic rings. The van der Waals surface area contributed by atoms with E-state index in [1.165, 1.54) is 6.08 Å². The van der Waals surface area contributed by atoms with Gasteiger partial charge in [0, 0.05) is 5.02 Å². The zero-order valence-corrected chi connectivity index (χ0v) is 9.05. The largest absolute Gasteiger partial charge is 0.343 e. The van der Waals surface area contributed by atoms with Crippen molar-refractivity contribution in [3.8, 4) is 0 Å². The van der Waals surface area contributed by atoms with Gasteiger partial charge in [-0.2, -0.15) is 0 Å². The van der Waals surface area contributed by atoms with Crippen LogP contribution < -0.4 is 5.32 Å². The highest BCUT2D eigenvalue weighted by Crippen LogP contribution is 2.45. The summed E-state index contributed by atoms with van der Waals surface area (Å²) in [5, 5.41) is 3.67. The van der Waals surface area contributed by atoms with Crippen LogP contribution in [0.15, 0.2) is 36.9 Å². The Balaban J connectivity index is 2.19. The molecule has 0 unspecified atom stereocenters. The first-order chi connectivity index (χ1) is 7.16. The molecule has 3 heteroatoms. The minimum atomic E-state index is -0.171. The van der Waals surface area contributed by atoms with Crippen molar-refractivity contribution >= 4 is 17.5 Å². The lowest BCUT2D eigenvalue weighted by Gasteiger charge is -2.16. The van der Waals surface area contributed by atoms with Gasteiger partial charge in [0.15, 0.2) is 0 Å². The Morgan fingerprint density at radius 2 is 2.00 bits per heavy atom. The van der Waals surface area contributed by atoms with E-state index in [-0.39, 0.29) is 11.4 Å². The van der Waals surface area contributed by atoms with Crippen LogP contribution >= 0.6 is 11.6 Å². The van der Waals surface area contributed by atoms with E-state index in [4.69, 9.17) is 11.6 Å². The van der Waals surface area contributed by atoms with Crippen LogP contribution in [-0.4, -0.2) is 5.91 Å². The molecule has 0 radical (unpaired) electrons. The summed E-state index contributed by atoms with van der Waals surface area (Å²) in [7, 11) is 0. The molecule has 1 saturated carbocycles. The monoisotopic (exact) mass is 221 g/mol. The minimum absolute atomic E-state index is 0.123. The van der Waals surface area contributed by atoms with Crippen molar-refractivity contribution in [1.29, 1.82) is 0 Å². The fraction of sp³-hybridized carbons (Fsp3) is 0.250. The number of halogens is 1. The van der Waals surface area contributed by atoms with Gasteiger partial charge in [0.2, 0.25) is 5.91 Å². The van der Waals surface area contributed by atoms with Gasteiger partial charge in [-0.15, -0.1) is 0 Å². The number of nitrogens with one attached hydrogen (secondary N) is 1. The van der Waals surface area contributed by atoms with E-state index in [0.717, 1.165) is 18.4 Å². The van der Waals surface area contributed by atoms with Gasteiger partial charge in [-0.05, 0) is 36.6 Å². The van der Waals surface area contributed by atoms with E-state index >= 15 is 0 Å². The predicted octanol–water partition coefficient (Wildman–Crippen LogP) is 2.63. The van der Waals surface area contributed by atoms with Crippen molar-refractivity contribution < 1.29 is 4.79 Å². The number of hydrogen-bond acceptors (Lipinski definition) is 1. The molecule has 0 bridgehead atoms. The van der Waals surface area contributed by atoms with Crippen LogP contribution in [0, 0.1) is 0 Å². The number of hydrogen-bond donors (Lipinski definition) is 1. The highest BCUT2D eigenvalue weighted by molar-refractivity contribution is 6.30. The molecule has 2 rings (SSSR count). The first-order valence-electron chi connectivity index (χ1n) is 4.87. The molecular formula is C12H12ClNO. The molecule has 2 nitrogen and oxygen atoms in total. The van der Waals surface area contributed by atoms with Crippen LogP contribution in [0.25, 0.3) is 0 Å². The van der Waals surface area contributed by atoms with Crippen molar-refractivity contribution in [2.45, 2.75) is 18.4 Å². The highest BCUT2D eigenvalue weighted by atomic mass is 35.5. The molecular weight excluding hydrogens is 210 g/mol. The molecule has 0 aliphatic heterocycles. The maximum atomic E-state index is 11.3. The lowest BCUT2D eigenvalue weighted by molar-refractivity contribution is -0.117. The van der Waals surface area contributed by atoms with Gasteiger partial charge in [0.05, 0.1) is 5.54 Å². The summed E-state index contributed by atoms with van der Waals surface area (Å²) >= 11 is 5.81. The van der Waals surface area contributed by atoms with Crippen LogP contribution in [0.5, 0.6) is 0 Å². The summed E-state index contributed by atoms with van der Waals surface area (Å²) in [6, 6.07) is 7.60. The average Bonchev–Trinajstić information content (AvgIpc) is 3.00. The van der Waals surface area contributed by atoms with Gasteiger partial charge in [-0.3, -0.25) is 4.79 Å². The second-order valence-electron chi connectivity index (χ2n) is 3.78. The van der Waals surface area contributed by atoms with E-state index in [1.807, 2.05) is 24.3 Å². The molecule has 1 aromatic rings. The number of carbonyl (C=O) groups excluding carboxylic acids is 1. The number of amides is 1. The van der Waals surface area contributed by atoms with Crippen LogP contribution in [0.2, 0.25) is 5.02 Å². The summed E-state index contributed by atoms with van der Waals surface area (Å²) in [6.07, 6.45) is 3.26. The van der Waals surface area contributed by atoms with Gasteiger partial charge in [0.1, 0.15) is 0 Å². The second kappa shape index (κ2) is 3.70. The Hall–Kier alpha value is -1.28. The third-order valence-corrected chi connectivity index (χ3v) is 2.95. The molecule has 1 aliphatic carbocycles. The van der Waals surface area contributed by atoms with Crippen LogP contribution in [0.1, 0.15) is 18.4 Å². The van der Waals surface area contributed by atoms with Crippen LogP contribution in [0.3, 0.4) is 0 Å². The van der Waals surface area contributed by atoms with Gasteiger partial charge in [0.25, 0.3) is 0 Å². The highest BCUT2D eigenvalue weighted by Gasteiger charge is 2.45. The van der Waals surface area contributed by atoms with Crippen molar-refractivity contribution in [1.82, 2.24) is 5.32 Å². The Morgan fingerprint density at radius 3 is 2.47 bits per heavy atom.